The lowest BCUT2D eigenvalue weighted by Crippen LogP contribution is -2.58. The number of carbonyl (C=O) groups is 2. The van der Waals surface area contributed by atoms with Crippen LogP contribution in [0.15, 0.2) is 18.5 Å². The normalized spacial score (nSPS) is 21.1. The smallest absolute Gasteiger partial charge is 0.246 e. The number of fused-ring (bicyclic) bond motifs is 1. The third kappa shape index (κ3) is 7.37. The Bertz CT molecular complexity index is 725. The van der Waals surface area contributed by atoms with Gasteiger partial charge in [-0.05, 0) is 45.2 Å². The van der Waals surface area contributed by atoms with Crippen molar-refractivity contribution in [3.63, 3.8) is 0 Å². The van der Waals surface area contributed by atoms with Gasteiger partial charge in [-0.2, -0.15) is 0 Å². The lowest BCUT2D eigenvalue weighted by Gasteiger charge is -2.36. The number of amides is 2. The van der Waals surface area contributed by atoms with Gasteiger partial charge in [0.15, 0.2) is 0 Å². The van der Waals surface area contributed by atoms with Crippen LogP contribution >= 0.6 is 0 Å². The Labute approximate surface area is 199 Å². The molecule has 2 aliphatic rings. The molecule has 2 aliphatic heterocycles. The number of nitrogens with one attached hydrogen (secondary N) is 2. The molecule has 0 saturated carbocycles. The second-order valence-electron chi connectivity index (χ2n) is 9.12. The Balaban J connectivity index is 0.00000101. The first-order chi connectivity index (χ1) is 15.6. The Hall–Kier alpha value is -2.26. The van der Waals surface area contributed by atoms with Crippen LogP contribution in [0.5, 0.6) is 0 Å². The number of hydrogen-bond acceptors (Lipinski definition) is 7. The molecule has 3 heterocycles. The molecule has 0 aliphatic carbocycles. The van der Waals surface area contributed by atoms with Crippen LogP contribution in [-0.4, -0.2) is 82.7 Å². The molecule has 3 rings (SSSR count). The SMILES string of the molecule is CC.CCO.CN[C@@H](C)C(=O)NC(C(=O)N1CCC2C1CCN2c1ncccn1)C(C)(C)C. The largest absolute Gasteiger partial charge is 0.397 e. The molecule has 0 spiro atoms. The van der Waals surface area contributed by atoms with Crippen LogP contribution in [0, 0.1) is 5.41 Å². The van der Waals surface area contributed by atoms with E-state index >= 15 is 0 Å². The van der Waals surface area contributed by atoms with Crippen molar-refractivity contribution in [1.82, 2.24) is 25.5 Å². The highest BCUT2D eigenvalue weighted by atomic mass is 16.2. The van der Waals surface area contributed by atoms with E-state index in [2.05, 4.69) is 25.5 Å². The summed E-state index contributed by atoms with van der Waals surface area (Å²) in [6.45, 7) is 15.2. The van der Waals surface area contributed by atoms with Gasteiger partial charge in [0.25, 0.3) is 0 Å². The van der Waals surface area contributed by atoms with E-state index in [1.54, 1.807) is 33.3 Å². The van der Waals surface area contributed by atoms with Crippen LogP contribution in [0.4, 0.5) is 5.95 Å². The zero-order valence-corrected chi connectivity index (χ0v) is 21.6. The first kappa shape index (κ1) is 28.8. The van der Waals surface area contributed by atoms with Gasteiger partial charge in [-0.1, -0.05) is 34.6 Å². The van der Waals surface area contributed by atoms with Crippen molar-refractivity contribution in [1.29, 1.82) is 0 Å². The van der Waals surface area contributed by atoms with Crippen LogP contribution in [0.3, 0.4) is 0 Å². The first-order valence-corrected chi connectivity index (χ1v) is 12.1. The van der Waals surface area contributed by atoms with Gasteiger partial charge in [-0.25, -0.2) is 9.97 Å². The van der Waals surface area contributed by atoms with E-state index in [4.69, 9.17) is 5.11 Å². The fourth-order valence-electron chi connectivity index (χ4n) is 4.16. The molecule has 1 aromatic rings. The van der Waals surface area contributed by atoms with E-state index in [9.17, 15) is 9.59 Å². The van der Waals surface area contributed by atoms with E-state index in [1.165, 1.54) is 0 Å². The number of nitrogens with zero attached hydrogens (tertiary/aromatic N) is 4. The molecule has 3 N–H and O–H groups in total. The summed E-state index contributed by atoms with van der Waals surface area (Å²) in [7, 11) is 1.74. The summed E-state index contributed by atoms with van der Waals surface area (Å²) in [5.41, 5.74) is -0.376. The molecule has 188 valence electrons. The van der Waals surface area contributed by atoms with Crippen molar-refractivity contribution in [3.8, 4) is 0 Å². The van der Waals surface area contributed by atoms with Gasteiger partial charge in [0, 0.05) is 32.1 Å². The minimum absolute atomic E-state index is 0.00693. The number of hydrogen-bond donors (Lipinski definition) is 3. The highest BCUT2D eigenvalue weighted by molar-refractivity contribution is 5.90. The van der Waals surface area contributed by atoms with Crippen LogP contribution in [-0.2, 0) is 9.59 Å². The number of aliphatic hydroxyl groups is 1. The third-order valence-electron chi connectivity index (χ3n) is 5.89. The molecule has 0 bridgehead atoms. The quantitative estimate of drug-likeness (QED) is 0.610. The van der Waals surface area contributed by atoms with Gasteiger partial charge in [0.1, 0.15) is 6.04 Å². The molecule has 0 radical (unpaired) electrons. The lowest BCUT2D eigenvalue weighted by molar-refractivity contribution is -0.140. The van der Waals surface area contributed by atoms with Gasteiger partial charge in [-0.3, -0.25) is 9.59 Å². The van der Waals surface area contributed by atoms with Crippen molar-refractivity contribution >= 4 is 17.8 Å². The van der Waals surface area contributed by atoms with Gasteiger partial charge in [0.2, 0.25) is 17.8 Å². The van der Waals surface area contributed by atoms with Crippen molar-refractivity contribution in [2.24, 2.45) is 5.41 Å². The standard InChI is InChI=1S/C20H32N6O2.C2H6O.C2H6/c1-13(21-5)17(27)24-16(20(2,3)4)18(28)25-11-7-15-14(25)8-12-26(15)19-22-9-6-10-23-19;1-2-3;1-2/h6,9-10,13-16,21H,7-8,11-12H2,1-5H3,(H,24,27);3H,2H2,1H3;1-2H3/t13-,14?,15?,16?;;/m0../s1. The van der Waals surface area contributed by atoms with E-state index in [1.807, 2.05) is 45.6 Å². The molecule has 3 unspecified atom stereocenters. The third-order valence-corrected chi connectivity index (χ3v) is 5.89. The van der Waals surface area contributed by atoms with Crippen molar-refractivity contribution in [3.05, 3.63) is 18.5 Å². The molecular formula is C24H44N6O3. The van der Waals surface area contributed by atoms with Crippen LogP contribution in [0.2, 0.25) is 0 Å². The van der Waals surface area contributed by atoms with Crippen LogP contribution in [0.1, 0.15) is 61.3 Å². The fourth-order valence-corrected chi connectivity index (χ4v) is 4.16. The zero-order chi connectivity index (χ0) is 25.2. The summed E-state index contributed by atoms with van der Waals surface area (Å²) in [6.07, 6.45) is 5.29. The minimum Gasteiger partial charge on any atom is -0.397 e. The van der Waals surface area contributed by atoms with Gasteiger partial charge >= 0.3 is 0 Å². The molecule has 2 fully saturated rings. The number of aromatic nitrogens is 2. The summed E-state index contributed by atoms with van der Waals surface area (Å²) in [5, 5.41) is 13.5. The molecule has 2 amide bonds. The van der Waals surface area contributed by atoms with E-state index in [-0.39, 0.29) is 42.0 Å². The minimum atomic E-state index is -0.559. The van der Waals surface area contributed by atoms with E-state index in [0.717, 1.165) is 25.3 Å². The number of likely N-dealkylation sites (N-methyl/N-ethyl adjacent to an activating group) is 1. The predicted octanol–water partition coefficient (Wildman–Crippen LogP) is 1.82. The molecule has 2 saturated heterocycles. The number of carbonyl (C=O) groups excluding carboxylic acids is 2. The average Bonchev–Trinajstić information content (AvgIpc) is 3.40. The first-order valence-electron chi connectivity index (χ1n) is 12.1. The number of likely N-dealkylation sites (tertiary alicyclic amines) is 1. The molecule has 4 atom stereocenters. The topological polar surface area (TPSA) is 111 Å². The summed E-state index contributed by atoms with van der Waals surface area (Å²) in [5.74, 6) is 0.581. The number of rotatable bonds is 5. The van der Waals surface area contributed by atoms with Gasteiger partial charge in [-0.15, -0.1) is 0 Å². The molecule has 0 aromatic carbocycles. The highest BCUT2D eigenvalue weighted by Gasteiger charge is 2.48. The molecule has 9 heteroatoms. The second-order valence-corrected chi connectivity index (χ2v) is 9.12. The van der Waals surface area contributed by atoms with Crippen LogP contribution < -0.4 is 15.5 Å². The summed E-state index contributed by atoms with van der Waals surface area (Å²) < 4.78 is 0. The Morgan fingerprint density at radius 2 is 1.70 bits per heavy atom. The molecule has 9 nitrogen and oxygen atoms in total. The molecular weight excluding hydrogens is 420 g/mol. The summed E-state index contributed by atoms with van der Waals surface area (Å²) in [6, 6.07) is 1.28. The van der Waals surface area contributed by atoms with Crippen molar-refractivity contribution in [2.75, 3.05) is 31.6 Å². The van der Waals surface area contributed by atoms with Crippen molar-refractivity contribution in [2.45, 2.75) is 85.5 Å². The monoisotopic (exact) mass is 464 g/mol. The van der Waals surface area contributed by atoms with E-state index < -0.39 is 6.04 Å². The van der Waals surface area contributed by atoms with Gasteiger partial charge in [0.05, 0.1) is 18.1 Å². The summed E-state index contributed by atoms with van der Waals surface area (Å²) in [4.78, 5) is 38.9. The second kappa shape index (κ2) is 13.4. The maximum absolute atomic E-state index is 13.5. The number of anilines is 1. The Morgan fingerprint density at radius 3 is 2.21 bits per heavy atom. The maximum Gasteiger partial charge on any atom is 0.246 e. The molecule has 1 aromatic heterocycles. The Morgan fingerprint density at radius 1 is 1.15 bits per heavy atom. The van der Waals surface area contributed by atoms with Gasteiger partial charge < -0.3 is 25.5 Å². The highest BCUT2D eigenvalue weighted by Crippen LogP contribution is 2.35. The zero-order valence-electron chi connectivity index (χ0n) is 21.6. The molecule has 33 heavy (non-hydrogen) atoms. The Kier molecular flexibility index (Phi) is 11.7. The maximum atomic E-state index is 13.5. The summed E-state index contributed by atoms with van der Waals surface area (Å²) >= 11 is 0. The van der Waals surface area contributed by atoms with E-state index in [0.29, 0.717) is 6.54 Å². The van der Waals surface area contributed by atoms with Crippen molar-refractivity contribution < 1.29 is 14.7 Å². The van der Waals surface area contributed by atoms with Crippen LogP contribution in [0.25, 0.3) is 0 Å². The lowest BCUT2D eigenvalue weighted by atomic mass is 9.85. The predicted molar refractivity (Wildman–Crippen MR) is 132 cm³/mol. The number of aliphatic hydroxyl groups excluding tert-OH is 1. The average molecular weight is 465 g/mol. The fraction of sp³-hybridized carbons (Fsp3) is 0.750.